The van der Waals surface area contributed by atoms with E-state index in [2.05, 4.69) is 6.58 Å². The number of benzene rings is 2. The molecule has 2 aromatic rings. The zero-order valence-corrected chi connectivity index (χ0v) is 19.2. The summed E-state index contributed by atoms with van der Waals surface area (Å²) in [4.78, 5) is 0. The van der Waals surface area contributed by atoms with Gasteiger partial charge in [-0.2, -0.15) is 35.1 Å². The first-order valence-electron chi connectivity index (χ1n) is 8.48. The minimum Gasteiger partial charge on any atom is -0.498 e. The number of halogens is 3. The summed E-state index contributed by atoms with van der Waals surface area (Å²) in [5.74, 6) is 1.87. The molecule has 2 aromatic carbocycles. The second kappa shape index (κ2) is 15.4. The maximum Gasteiger partial charge on any atom is 0.522 e. The molecule has 0 spiro atoms. The maximum absolute atomic E-state index is 10.7. The minimum atomic E-state index is -5.84. The van der Waals surface area contributed by atoms with Gasteiger partial charge in [-0.15, -0.1) is 0 Å². The minimum absolute atomic E-state index is 0. The van der Waals surface area contributed by atoms with Crippen LogP contribution in [-0.2, 0) is 14.9 Å². The molecule has 0 heterocycles. The lowest BCUT2D eigenvalue weighted by Gasteiger charge is -2.06. The maximum atomic E-state index is 10.7. The van der Waals surface area contributed by atoms with E-state index in [1.807, 2.05) is 62.4 Å². The third kappa shape index (κ3) is 13.5. The molecule has 0 radical (unpaired) electrons. The highest BCUT2D eigenvalue weighted by Crippen LogP contribution is 2.21. The van der Waals surface area contributed by atoms with Crippen molar-refractivity contribution >= 4 is 23.6 Å². The normalized spacial score (nSPS) is 10.2. The standard InChI is InChI=1S/C10H12O2.C9H12O.CHF3O3S.H2S/c1-2-11-8-9-12-10-6-4-3-5-7-10;1-7-5-4-6-8(2)9(7)10-3;2-1(3,4)8(5,6)7;/h2-7H,1,8-9H2;4-6H,1-3H3;(H,5,6,7);1H2. The average Bonchev–Trinajstić information content (AvgIpc) is 2.66. The Morgan fingerprint density at radius 3 is 1.84 bits per heavy atom. The second-order valence-electron chi connectivity index (χ2n) is 5.54. The van der Waals surface area contributed by atoms with Gasteiger partial charge in [0.1, 0.15) is 24.7 Å². The van der Waals surface area contributed by atoms with Gasteiger partial charge in [0.15, 0.2) is 0 Å². The number of methoxy groups -OCH3 is 1. The number of rotatable bonds is 6. The van der Waals surface area contributed by atoms with Crippen LogP contribution in [0, 0.1) is 13.8 Å². The van der Waals surface area contributed by atoms with Gasteiger partial charge in [0.2, 0.25) is 0 Å². The van der Waals surface area contributed by atoms with Gasteiger partial charge >= 0.3 is 15.6 Å². The molecule has 1 N–H and O–H groups in total. The summed E-state index contributed by atoms with van der Waals surface area (Å²) in [7, 11) is -4.14. The Labute approximate surface area is 187 Å². The van der Waals surface area contributed by atoms with Crippen LogP contribution in [0.2, 0.25) is 0 Å². The molecule has 176 valence electrons. The van der Waals surface area contributed by atoms with E-state index in [-0.39, 0.29) is 13.5 Å². The van der Waals surface area contributed by atoms with E-state index >= 15 is 0 Å². The van der Waals surface area contributed by atoms with E-state index in [9.17, 15) is 13.2 Å². The fourth-order valence-electron chi connectivity index (χ4n) is 1.93. The highest BCUT2D eigenvalue weighted by atomic mass is 32.2. The van der Waals surface area contributed by atoms with E-state index in [1.54, 1.807) is 7.11 Å². The first-order valence-corrected chi connectivity index (χ1v) is 9.92. The van der Waals surface area contributed by atoms with E-state index < -0.39 is 15.6 Å². The summed E-state index contributed by atoms with van der Waals surface area (Å²) in [5, 5.41) is 0. The number of ether oxygens (including phenoxy) is 3. The van der Waals surface area contributed by atoms with Crippen LogP contribution in [0.1, 0.15) is 11.1 Å². The zero-order chi connectivity index (χ0) is 23.2. The Bertz CT molecular complexity index is 837. The van der Waals surface area contributed by atoms with Crippen LogP contribution in [0.4, 0.5) is 13.2 Å². The molecule has 31 heavy (non-hydrogen) atoms. The molecule has 0 saturated carbocycles. The Morgan fingerprint density at radius 2 is 1.48 bits per heavy atom. The molecular formula is C20H27F3O6S2. The summed E-state index contributed by atoms with van der Waals surface area (Å²) in [5.41, 5.74) is -3.14. The van der Waals surface area contributed by atoms with Gasteiger partial charge < -0.3 is 14.2 Å². The molecule has 0 saturated heterocycles. The predicted octanol–water partition coefficient (Wildman–Crippen LogP) is 5.04. The Hall–Kier alpha value is -2.37. The topological polar surface area (TPSA) is 82.1 Å². The molecular weight excluding hydrogens is 457 g/mol. The molecule has 0 atom stereocenters. The Morgan fingerprint density at radius 1 is 1.00 bits per heavy atom. The molecule has 6 nitrogen and oxygen atoms in total. The third-order valence-corrected chi connectivity index (χ3v) is 3.82. The van der Waals surface area contributed by atoms with Crippen molar-refractivity contribution < 1.29 is 40.4 Å². The third-order valence-electron chi connectivity index (χ3n) is 3.24. The number of para-hydroxylation sites is 2. The van der Waals surface area contributed by atoms with Crippen LogP contribution in [0.25, 0.3) is 0 Å². The quantitative estimate of drug-likeness (QED) is 0.268. The fourth-order valence-corrected chi connectivity index (χ4v) is 1.93. The molecule has 2 rings (SSSR count). The first-order chi connectivity index (χ1) is 13.9. The first kappa shape index (κ1) is 30.8. The molecule has 0 unspecified atom stereocenters. The number of aryl methyl sites for hydroxylation is 2. The van der Waals surface area contributed by atoms with Crippen molar-refractivity contribution in [1.29, 1.82) is 0 Å². The van der Waals surface area contributed by atoms with E-state index in [1.165, 1.54) is 17.4 Å². The van der Waals surface area contributed by atoms with Crippen LogP contribution in [-0.4, -0.2) is 38.8 Å². The lowest BCUT2D eigenvalue weighted by molar-refractivity contribution is -0.0510. The number of alkyl halides is 3. The molecule has 0 fully saturated rings. The van der Waals surface area contributed by atoms with Gasteiger partial charge in [0, 0.05) is 0 Å². The van der Waals surface area contributed by atoms with Crippen molar-refractivity contribution in [2.45, 2.75) is 19.4 Å². The second-order valence-corrected chi connectivity index (χ2v) is 6.96. The summed E-state index contributed by atoms with van der Waals surface area (Å²) < 4.78 is 72.9. The van der Waals surface area contributed by atoms with Crippen LogP contribution >= 0.6 is 13.5 Å². The zero-order valence-electron chi connectivity index (χ0n) is 17.3. The van der Waals surface area contributed by atoms with E-state index in [0.717, 1.165) is 11.5 Å². The SMILES string of the molecule is C=COCCOc1ccccc1.COc1c(C)cccc1C.O=S(=O)(O)C(F)(F)F.S. The highest BCUT2D eigenvalue weighted by Gasteiger charge is 2.44. The number of hydrogen-bond acceptors (Lipinski definition) is 5. The average molecular weight is 485 g/mol. The van der Waals surface area contributed by atoms with Gasteiger partial charge in [0.25, 0.3) is 0 Å². The van der Waals surface area contributed by atoms with Gasteiger partial charge in [0.05, 0.1) is 13.4 Å². The Kier molecular flexibility index (Phi) is 15.3. The van der Waals surface area contributed by atoms with Crippen LogP contribution in [0.5, 0.6) is 11.5 Å². The van der Waals surface area contributed by atoms with Crippen molar-refractivity contribution in [2.24, 2.45) is 0 Å². The fraction of sp³-hybridized carbons (Fsp3) is 0.300. The monoisotopic (exact) mass is 484 g/mol. The molecule has 0 aliphatic heterocycles. The van der Waals surface area contributed by atoms with Gasteiger partial charge in [-0.3, -0.25) is 4.55 Å². The van der Waals surface area contributed by atoms with Crippen molar-refractivity contribution in [2.75, 3.05) is 20.3 Å². The van der Waals surface area contributed by atoms with Gasteiger partial charge in [-0.25, -0.2) is 0 Å². The molecule has 0 bridgehead atoms. The van der Waals surface area contributed by atoms with E-state index in [0.29, 0.717) is 13.2 Å². The molecule has 0 aromatic heterocycles. The molecule has 0 amide bonds. The summed E-state index contributed by atoms with van der Waals surface area (Å²) >= 11 is 0. The highest BCUT2D eigenvalue weighted by molar-refractivity contribution is 7.86. The summed E-state index contributed by atoms with van der Waals surface area (Å²) in [6, 6.07) is 15.8. The lowest BCUT2D eigenvalue weighted by atomic mass is 10.1. The van der Waals surface area contributed by atoms with Crippen molar-refractivity contribution in [3.8, 4) is 11.5 Å². The summed E-state index contributed by atoms with van der Waals surface area (Å²) in [6.45, 7) is 8.61. The molecule has 0 aliphatic carbocycles. The van der Waals surface area contributed by atoms with Crippen molar-refractivity contribution in [3.05, 3.63) is 72.5 Å². The lowest BCUT2D eigenvalue weighted by Crippen LogP contribution is -2.21. The smallest absolute Gasteiger partial charge is 0.498 e. The van der Waals surface area contributed by atoms with Crippen molar-refractivity contribution in [3.63, 3.8) is 0 Å². The van der Waals surface area contributed by atoms with Gasteiger partial charge in [-0.1, -0.05) is 43.0 Å². The van der Waals surface area contributed by atoms with Crippen molar-refractivity contribution in [1.82, 2.24) is 0 Å². The van der Waals surface area contributed by atoms with Crippen LogP contribution in [0.3, 0.4) is 0 Å². The summed E-state index contributed by atoms with van der Waals surface area (Å²) in [6.07, 6.45) is 1.41. The molecule has 0 aliphatic rings. The van der Waals surface area contributed by atoms with Gasteiger partial charge in [-0.05, 0) is 37.1 Å². The Balaban J connectivity index is 0. The number of hydrogen-bond donors (Lipinski definition) is 1. The van der Waals surface area contributed by atoms with Crippen LogP contribution < -0.4 is 9.47 Å². The van der Waals surface area contributed by atoms with Crippen LogP contribution in [0.15, 0.2) is 61.4 Å². The predicted molar refractivity (Wildman–Crippen MR) is 119 cm³/mol. The van der Waals surface area contributed by atoms with E-state index in [4.69, 9.17) is 27.2 Å². The largest absolute Gasteiger partial charge is 0.522 e. The molecule has 11 heteroatoms.